The van der Waals surface area contributed by atoms with Crippen molar-refractivity contribution in [1.29, 1.82) is 0 Å². The molecule has 0 atom stereocenters. The van der Waals surface area contributed by atoms with Gasteiger partial charge in [-0.05, 0) is 88.3 Å². The second-order valence-corrected chi connectivity index (χ2v) is 16.9. The van der Waals surface area contributed by atoms with Gasteiger partial charge in [0.15, 0.2) is 5.82 Å². The first-order chi connectivity index (χ1) is 31.3. The van der Waals surface area contributed by atoms with Crippen molar-refractivity contribution in [2.75, 3.05) is 0 Å². The highest BCUT2D eigenvalue weighted by atomic mass is 15.1. The summed E-state index contributed by atoms with van der Waals surface area (Å²) in [6.07, 6.45) is 0. The van der Waals surface area contributed by atoms with Crippen molar-refractivity contribution in [3.05, 3.63) is 200 Å². The predicted molar refractivity (Wildman–Crippen MR) is 263 cm³/mol. The van der Waals surface area contributed by atoms with Gasteiger partial charge in [-0.15, -0.1) is 0 Å². The van der Waals surface area contributed by atoms with Crippen molar-refractivity contribution in [2.45, 2.75) is 0 Å². The lowest BCUT2D eigenvalue weighted by Gasteiger charge is -2.15. The summed E-state index contributed by atoms with van der Waals surface area (Å²) in [5.41, 5.74) is 13.0. The molecule has 63 heavy (non-hydrogen) atoms. The largest absolute Gasteiger partial charge is 0.309 e. The fourth-order valence-electron chi connectivity index (χ4n) is 11.0. The minimum Gasteiger partial charge on any atom is -0.309 e. The van der Waals surface area contributed by atoms with Crippen LogP contribution in [0.25, 0.3) is 137 Å². The highest BCUT2D eigenvalue weighted by Gasteiger charge is 2.25. The molecule has 0 radical (unpaired) electrons. The van der Waals surface area contributed by atoms with E-state index in [-0.39, 0.29) is 0 Å². The molecule has 0 aliphatic rings. The molecule has 0 fully saturated rings. The molecule has 0 saturated heterocycles. The lowest BCUT2D eigenvalue weighted by atomic mass is 10.0. The number of para-hydroxylation sites is 5. The van der Waals surface area contributed by atoms with E-state index in [0.717, 1.165) is 44.8 Å². The van der Waals surface area contributed by atoms with Gasteiger partial charge in [-0.1, -0.05) is 133 Å². The Balaban J connectivity index is 1.01. The normalized spacial score (nSPS) is 12.4. The summed E-state index contributed by atoms with van der Waals surface area (Å²) in [5, 5.41) is 15.0. The molecular weight excluding hydrogens is 767 g/mol. The summed E-state index contributed by atoms with van der Waals surface area (Å²) in [6, 6.07) is 72.7. The van der Waals surface area contributed by atoms with Crippen molar-refractivity contribution in [1.82, 2.24) is 23.5 Å². The van der Waals surface area contributed by atoms with Gasteiger partial charge in [0.2, 0.25) is 0 Å². The van der Waals surface area contributed by atoms with E-state index in [9.17, 15) is 0 Å². The van der Waals surface area contributed by atoms with Crippen LogP contribution in [0.1, 0.15) is 0 Å². The molecule has 0 unspecified atom stereocenters. The van der Waals surface area contributed by atoms with E-state index in [1.54, 1.807) is 0 Å². The second-order valence-electron chi connectivity index (χ2n) is 16.9. The Morgan fingerprint density at radius 3 is 1.68 bits per heavy atom. The van der Waals surface area contributed by atoms with Crippen LogP contribution in [0.15, 0.2) is 200 Å². The number of fused-ring (bicyclic) bond motifs is 17. The Morgan fingerprint density at radius 2 is 0.905 bits per heavy atom. The Hall–Kier alpha value is -8.54. The van der Waals surface area contributed by atoms with Gasteiger partial charge in [-0.2, -0.15) is 0 Å². The van der Waals surface area contributed by atoms with E-state index >= 15 is 0 Å². The zero-order valence-corrected chi connectivity index (χ0v) is 33.8. The standard InChI is InChI=1S/C58H33N5/c1-2-15-37-32-52-45(31-36(37)14-1)54-56-43(33-44-41-18-6-11-23-49(41)62(52)57(44)54)40-17-5-10-22-48(40)61(56)38-28-25-35(26-29-38)55-58(60-47-21-9-8-20-46(47)59-55)63-50-24-12-7-19-42(50)53-39-16-4-3-13-34(39)27-30-51(53)63/h1-33H. The van der Waals surface area contributed by atoms with Gasteiger partial charge in [-0.3, -0.25) is 4.57 Å². The number of hydrogen-bond acceptors (Lipinski definition) is 2. The summed E-state index contributed by atoms with van der Waals surface area (Å²) in [5.74, 6) is 0.812. The molecule has 5 aromatic heterocycles. The third-order valence-electron chi connectivity index (χ3n) is 13.7. The Kier molecular flexibility index (Phi) is 6.36. The van der Waals surface area contributed by atoms with Gasteiger partial charge in [0, 0.05) is 54.3 Å². The van der Waals surface area contributed by atoms with Gasteiger partial charge in [-0.25, -0.2) is 9.97 Å². The molecule has 0 spiro atoms. The molecule has 5 nitrogen and oxygen atoms in total. The SMILES string of the molecule is c1ccc2cc3c(cc2c1)c1c2c(cc4c5ccccc5n3c41)c1ccccc1n2-c1ccc(-c2nc3ccccc3nc2-n2c3ccccc3c3c4ccccc4ccc32)cc1. The molecule has 0 amide bonds. The van der Waals surface area contributed by atoms with Gasteiger partial charge in [0.1, 0.15) is 5.69 Å². The third-order valence-corrected chi connectivity index (χ3v) is 13.7. The van der Waals surface area contributed by atoms with Crippen molar-refractivity contribution >= 4 is 114 Å². The minimum atomic E-state index is 0.812. The molecule has 0 N–H and O–H groups in total. The molecule has 290 valence electrons. The van der Waals surface area contributed by atoms with Crippen LogP contribution in [0.5, 0.6) is 0 Å². The highest BCUT2D eigenvalue weighted by molar-refractivity contribution is 6.35. The van der Waals surface area contributed by atoms with Crippen LogP contribution in [-0.4, -0.2) is 23.5 Å². The molecule has 10 aromatic carbocycles. The van der Waals surface area contributed by atoms with Crippen LogP contribution in [-0.2, 0) is 0 Å². The maximum Gasteiger partial charge on any atom is 0.165 e. The molecule has 0 saturated carbocycles. The first-order valence-electron chi connectivity index (χ1n) is 21.6. The summed E-state index contributed by atoms with van der Waals surface area (Å²) in [6.45, 7) is 0. The van der Waals surface area contributed by atoms with E-state index < -0.39 is 0 Å². The van der Waals surface area contributed by atoms with E-state index in [4.69, 9.17) is 9.97 Å². The fraction of sp³-hybridized carbons (Fsp3) is 0. The molecule has 5 heterocycles. The maximum absolute atomic E-state index is 5.44. The molecule has 0 aliphatic carbocycles. The monoisotopic (exact) mass is 799 g/mol. The summed E-state index contributed by atoms with van der Waals surface area (Å²) in [4.78, 5) is 10.9. The minimum absolute atomic E-state index is 0.812. The van der Waals surface area contributed by atoms with E-state index in [1.807, 2.05) is 12.1 Å². The molecular formula is C58H33N5. The van der Waals surface area contributed by atoms with Crippen LogP contribution < -0.4 is 0 Å². The Labute approximate surface area is 359 Å². The van der Waals surface area contributed by atoms with Crippen LogP contribution in [0.4, 0.5) is 0 Å². The summed E-state index contributed by atoms with van der Waals surface area (Å²) < 4.78 is 7.31. The summed E-state index contributed by atoms with van der Waals surface area (Å²) >= 11 is 0. The smallest absolute Gasteiger partial charge is 0.165 e. The Bertz CT molecular complexity index is 4430. The molecule has 15 rings (SSSR count). The van der Waals surface area contributed by atoms with Crippen molar-refractivity contribution in [2.24, 2.45) is 0 Å². The van der Waals surface area contributed by atoms with Crippen LogP contribution in [0.3, 0.4) is 0 Å². The van der Waals surface area contributed by atoms with Gasteiger partial charge >= 0.3 is 0 Å². The lowest BCUT2D eigenvalue weighted by Crippen LogP contribution is -2.04. The van der Waals surface area contributed by atoms with Gasteiger partial charge < -0.3 is 8.97 Å². The number of rotatable bonds is 3. The number of nitrogens with zero attached hydrogens (tertiary/aromatic N) is 5. The molecule has 0 aliphatic heterocycles. The molecule has 15 aromatic rings. The number of aromatic nitrogens is 5. The maximum atomic E-state index is 5.44. The quantitative estimate of drug-likeness (QED) is 0.179. The fourth-order valence-corrected chi connectivity index (χ4v) is 11.0. The van der Waals surface area contributed by atoms with E-state index in [0.29, 0.717) is 0 Å². The van der Waals surface area contributed by atoms with Crippen molar-refractivity contribution in [3.8, 4) is 22.8 Å². The van der Waals surface area contributed by atoms with Crippen molar-refractivity contribution in [3.63, 3.8) is 0 Å². The van der Waals surface area contributed by atoms with Gasteiger partial charge in [0.05, 0.1) is 49.7 Å². The van der Waals surface area contributed by atoms with Crippen LogP contribution in [0, 0.1) is 0 Å². The van der Waals surface area contributed by atoms with Crippen molar-refractivity contribution < 1.29 is 0 Å². The average Bonchev–Trinajstić information content (AvgIpc) is 4.07. The molecule has 5 heteroatoms. The zero-order valence-electron chi connectivity index (χ0n) is 33.8. The predicted octanol–water partition coefficient (Wildman–Crippen LogP) is 14.9. The average molecular weight is 800 g/mol. The highest BCUT2D eigenvalue weighted by Crippen LogP contribution is 2.47. The first kappa shape index (κ1) is 33.2. The zero-order chi connectivity index (χ0) is 40.9. The Morgan fingerprint density at radius 1 is 0.317 bits per heavy atom. The van der Waals surface area contributed by atoms with Gasteiger partial charge in [0.25, 0.3) is 0 Å². The lowest BCUT2D eigenvalue weighted by molar-refractivity contribution is 1.08. The first-order valence-corrected chi connectivity index (χ1v) is 21.6. The number of hydrogen-bond donors (Lipinski definition) is 0. The van der Waals surface area contributed by atoms with E-state index in [1.165, 1.54) is 92.2 Å². The topological polar surface area (TPSA) is 40.1 Å². The van der Waals surface area contributed by atoms with Crippen LogP contribution in [0.2, 0.25) is 0 Å². The summed E-state index contributed by atoms with van der Waals surface area (Å²) in [7, 11) is 0. The van der Waals surface area contributed by atoms with Crippen LogP contribution >= 0.6 is 0 Å². The molecule has 0 bridgehead atoms. The second kappa shape index (κ2) is 12.1. The number of benzene rings is 10. The van der Waals surface area contributed by atoms with E-state index in [2.05, 4.69) is 202 Å². The third kappa shape index (κ3) is 4.35.